The number of hydrogen-bond donors (Lipinski definition) is 2. The molecule has 3 N–H and O–H groups in total. The van der Waals surface area contributed by atoms with E-state index >= 15 is 0 Å². The molecular weight excluding hydrogens is 364 g/mol. The molecule has 0 unspecified atom stereocenters. The highest BCUT2D eigenvalue weighted by atomic mass is 16.5. The highest BCUT2D eigenvalue weighted by Crippen LogP contribution is 2.18. The number of carbonyl (C=O) groups excluding carboxylic acids is 1. The van der Waals surface area contributed by atoms with Gasteiger partial charge in [0.1, 0.15) is 5.82 Å². The molecule has 1 aromatic heterocycles. The van der Waals surface area contributed by atoms with E-state index in [1.54, 1.807) is 0 Å². The zero-order valence-electron chi connectivity index (χ0n) is 17.4. The van der Waals surface area contributed by atoms with Crippen LogP contribution in [-0.4, -0.2) is 29.2 Å². The van der Waals surface area contributed by atoms with Crippen LogP contribution >= 0.6 is 0 Å². The van der Waals surface area contributed by atoms with Crippen LogP contribution in [0.15, 0.2) is 36.4 Å². The van der Waals surface area contributed by atoms with Crippen molar-refractivity contribution in [2.24, 2.45) is 7.05 Å². The number of nitrogens with one attached hydrogen (secondary N) is 1. The van der Waals surface area contributed by atoms with Crippen molar-refractivity contribution in [1.82, 2.24) is 9.55 Å². The van der Waals surface area contributed by atoms with E-state index in [0.29, 0.717) is 19.4 Å². The normalized spacial score (nSPS) is 9.97. The number of imidazole rings is 1. The largest absolute Gasteiger partial charge is 0.466 e. The third-order valence-corrected chi connectivity index (χ3v) is 4.46. The van der Waals surface area contributed by atoms with Gasteiger partial charge in [0.2, 0.25) is 0 Å². The molecule has 0 saturated heterocycles. The Bertz CT molecular complexity index is 947. The van der Waals surface area contributed by atoms with Crippen molar-refractivity contribution in [2.45, 2.75) is 41.0 Å². The first-order valence-electron chi connectivity index (χ1n) is 9.47. The lowest BCUT2D eigenvalue weighted by atomic mass is 10.2. The van der Waals surface area contributed by atoms with Crippen molar-refractivity contribution in [3.8, 4) is 0 Å². The van der Waals surface area contributed by atoms with Crippen molar-refractivity contribution in [2.75, 3.05) is 24.7 Å². The minimum atomic E-state index is -0.166. The number of hydrogen-bond acceptors (Lipinski definition) is 5. The van der Waals surface area contributed by atoms with E-state index in [2.05, 4.69) is 28.5 Å². The summed E-state index contributed by atoms with van der Waals surface area (Å²) in [5.74, 6) is 0.754. The zero-order valence-corrected chi connectivity index (χ0v) is 17.4. The summed E-state index contributed by atoms with van der Waals surface area (Å²) in [5.41, 5.74) is 11.9. The second-order valence-electron chi connectivity index (χ2n) is 6.72. The summed E-state index contributed by atoms with van der Waals surface area (Å²) in [5, 5.41) is 3.00. The minimum Gasteiger partial charge on any atom is -0.466 e. The fourth-order valence-corrected chi connectivity index (χ4v) is 2.94. The van der Waals surface area contributed by atoms with Crippen LogP contribution in [-0.2, 0) is 23.0 Å². The molecule has 0 aliphatic carbocycles. The number of aromatic nitrogens is 2. The van der Waals surface area contributed by atoms with E-state index in [0.717, 1.165) is 28.2 Å². The van der Waals surface area contributed by atoms with Crippen LogP contribution in [0.5, 0.6) is 0 Å². The topological polar surface area (TPSA) is 82.2 Å². The van der Waals surface area contributed by atoms with Gasteiger partial charge in [-0.05, 0) is 56.2 Å². The number of anilines is 2. The number of benzene rings is 2. The van der Waals surface area contributed by atoms with Gasteiger partial charge in [-0.15, -0.1) is 0 Å². The van der Waals surface area contributed by atoms with E-state index in [4.69, 9.17) is 10.5 Å². The number of nitrogens with zero attached hydrogens (tertiary/aromatic N) is 2. The molecule has 6 heteroatoms. The van der Waals surface area contributed by atoms with Crippen LogP contribution in [0.3, 0.4) is 0 Å². The highest BCUT2D eigenvalue weighted by molar-refractivity contribution is 5.77. The number of esters is 1. The molecule has 3 aromatic rings. The first kappa shape index (κ1) is 24.0. The van der Waals surface area contributed by atoms with Crippen LogP contribution in [0.2, 0.25) is 0 Å². The Hall–Kier alpha value is -3.02. The van der Waals surface area contributed by atoms with Gasteiger partial charge in [0.25, 0.3) is 0 Å². The molecule has 0 aliphatic rings. The lowest BCUT2D eigenvalue weighted by molar-refractivity contribution is -0.143. The molecule has 0 saturated carbocycles. The lowest BCUT2D eigenvalue weighted by Crippen LogP contribution is -2.07. The first-order chi connectivity index (χ1) is 13.3. The van der Waals surface area contributed by atoms with E-state index in [1.165, 1.54) is 11.1 Å². The molecule has 0 atom stereocenters. The Balaban J connectivity index is 0.000000327. The van der Waals surface area contributed by atoms with Gasteiger partial charge in [-0.2, -0.15) is 0 Å². The molecule has 0 spiro atoms. The second kappa shape index (κ2) is 11.1. The van der Waals surface area contributed by atoms with Crippen molar-refractivity contribution in [3.63, 3.8) is 0 Å². The van der Waals surface area contributed by atoms with Gasteiger partial charge in [0, 0.05) is 20.5 Å². The Kier molecular flexibility index (Phi) is 9.19. The molecule has 6 nitrogen and oxygen atoms in total. The summed E-state index contributed by atoms with van der Waals surface area (Å²) < 4.78 is 6.96. The van der Waals surface area contributed by atoms with Crippen LogP contribution < -0.4 is 11.1 Å². The maximum absolute atomic E-state index is 11.3. The summed E-state index contributed by atoms with van der Waals surface area (Å²) in [6, 6.07) is 12.1. The van der Waals surface area contributed by atoms with Crippen LogP contribution in [0.1, 0.15) is 37.7 Å². The maximum Gasteiger partial charge on any atom is 0.306 e. The van der Waals surface area contributed by atoms with Crippen molar-refractivity contribution < 1.29 is 9.53 Å². The number of rotatable bonds is 5. The molecule has 3 rings (SSSR count). The fourth-order valence-electron chi connectivity index (χ4n) is 2.94. The number of nitrogens with two attached hydrogens (primary N) is 1. The molecule has 158 valence electrons. The average Bonchev–Trinajstić information content (AvgIpc) is 2.96. The van der Waals surface area contributed by atoms with Crippen LogP contribution in [0.4, 0.5) is 11.4 Å². The highest BCUT2D eigenvalue weighted by Gasteiger charge is 2.10. The van der Waals surface area contributed by atoms with Gasteiger partial charge in [-0.1, -0.05) is 19.6 Å². The maximum atomic E-state index is 11.3. The van der Waals surface area contributed by atoms with Gasteiger partial charge >= 0.3 is 5.97 Å². The SMILES string of the molecule is C.CCOC(=O)CCc1nc2cc(C)ccc2n1C.CNc1ccc(C)cc1N. The van der Waals surface area contributed by atoms with Crippen LogP contribution in [0, 0.1) is 13.8 Å². The number of fused-ring (bicyclic) bond motifs is 1. The van der Waals surface area contributed by atoms with Crippen molar-refractivity contribution >= 4 is 28.4 Å². The summed E-state index contributed by atoms with van der Waals surface area (Å²) in [6.45, 7) is 6.32. The third kappa shape index (κ3) is 6.52. The number of aryl methyl sites for hydroxylation is 4. The van der Waals surface area contributed by atoms with Crippen LogP contribution in [0.25, 0.3) is 11.0 Å². The Morgan fingerprint density at radius 1 is 1.17 bits per heavy atom. The molecule has 29 heavy (non-hydrogen) atoms. The van der Waals surface area contributed by atoms with Gasteiger partial charge in [-0.3, -0.25) is 4.79 Å². The Morgan fingerprint density at radius 2 is 1.83 bits per heavy atom. The molecule has 0 aliphatic heterocycles. The van der Waals surface area contributed by atoms with E-state index < -0.39 is 0 Å². The van der Waals surface area contributed by atoms with Gasteiger partial charge in [0.15, 0.2) is 0 Å². The molecule has 2 aromatic carbocycles. The fraction of sp³-hybridized carbons (Fsp3) is 0.391. The summed E-state index contributed by atoms with van der Waals surface area (Å²) in [7, 11) is 3.84. The predicted molar refractivity (Wildman–Crippen MR) is 122 cm³/mol. The van der Waals surface area contributed by atoms with E-state index in [1.807, 2.05) is 57.6 Å². The Morgan fingerprint density at radius 3 is 2.45 bits per heavy atom. The molecule has 0 bridgehead atoms. The molecular formula is C23H34N4O2. The standard InChI is InChI=1S/C14H18N2O2.C8H12N2.CH4/c1-4-18-14(17)8-7-13-15-11-9-10(2)5-6-12(11)16(13)3;1-6-3-4-8(10-2)7(9)5-6;/h5-6,9H,4,7-8H2,1-3H3;3-5,10H,9H2,1-2H3;1H4. The Labute approximate surface area is 174 Å². The monoisotopic (exact) mass is 398 g/mol. The number of ether oxygens (including phenoxy) is 1. The summed E-state index contributed by atoms with van der Waals surface area (Å²) in [4.78, 5) is 15.9. The molecule has 1 heterocycles. The molecule has 0 radical (unpaired) electrons. The quantitative estimate of drug-likeness (QED) is 0.483. The van der Waals surface area contributed by atoms with Crippen molar-refractivity contribution in [3.05, 3.63) is 53.3 Å². The number of nitrogen functional groups attached to an aromatic ring is 1. The predicted octanol–water partition coefficient (Wildman–Crippen LogP) is 4.63. The van der Waals surface area contributed by atoms with Gasteiger partial charge in [-0.25, -0.2) is 4.98 Å². The first-order valence-corrected chi connectivity index (χ1v) is 9.47. The lowest BCUT2D eigenvalue weighted by Gasteiger charge is -2.03. The third-order valence-electron chi connectivity index (χ3n) is 4.46. The summed E-state index contributed by atoms with van der Waals surface area (Å²) in [6.07, 6.45) is 0.993. The van der Waals surface area contributed by atoms with E-state index in [-0.39, 0.29) is 13.4 Å². The molecule has 0 amide bonds. The van der Waals surface area contributed by atoms with Gasteiger partial charge in [0.05, 0.1) is 35.4 Å². The molecule has 0 fully saturated rings. The smallest absolute Gasteiger partial charge is 0.306 e. The van der Waals surface area contributed by atoms with E-state index in [9.17, 15) is 4.79 Å². The second-order valence-corrected chi connectivity index (χ2v) is 6.72. The minimum absolute atomic E-state index is 0. The summed E-state index contributed by atoms with van der Waals surface area (Å²) >= 11 is 0. The van der Waals surface area contributed by atoms with Gasteiger partial charge < -0.3 is 20.4 Å². The average molecular weight is 399 g/mol. The zero-order chi connectivity index (χ0) is 20.7. The number of carbonyl (C=O) groups is 1. The van der Waals surface area contributed by atoms with Crippen molar-refractivity contribution in [1.29, 1.82) is 0 Å².